The van der Waals surface area contributed by atoms with Gasteiger partial charge in [-0.1, -0.05) is 19.1 Å². The molecule has 0 atom stereocenters. The van der Waals surface area contributed by atoms with Gasteiger partial charge >= 0.3 is 0 Å². The monoisotopic (exact) mass is 371 g/mol. The van der Waals surface area contributed by atoms with E-state index < -0.39 is 0 Å². The van der Waals surface area contributed by atoms with Crippen molar-refractivity contribution >= 4 is 39.8 Å². The summed E-state index contributed by atoms with van der Waals surface area (Å²) in [5, 5.41) is 6.20. The van der Waals surface area contributed by atoms with Crippen LogP contribution in [0.15, 0.2) is 42.6 Å². The zero-order valence-corrected chi connectivity index (χ0v) is 15.6. The van der Waals surface area contributed by atoms with E-state index in [9.17, 15) is 0 Å². The lowest BCUT2D eigenvalue weighted by atomic mass is 10.0. The number of hydrogen-bond acceptors (Lipinski definition) is 5. The third-order valence-corrected chi connectivity index (χ3v) is 4.71. The number of nitrogens with two attached hydrogens (primary N) is 1. The topological polar surface area (TPSA) is 69.6 Å². The first-order valence-corrected chi connectivity index (χ1v) is 8.58. The molecule has 4 rings (SSSR count). The molecule has 0 saturated heterocycles. The first-order chi connectivity index (χ1) is 11.7. The molecule has 0 aliphatic rings. The maximum Gasteiger partial charge on any atom is 0.116 e. The maximum absolute atomic E-state index is 6.22. The van der Waals surface area contributed by atoms with Crippen molar-refractivity contribution < 1.29 is 0 Å². The molecule has 4 aromatic rings. The van der Waals surface area contributed by atoms with Gasteiger partial charge in [0.2, 0.25) is 0 Å². The normalized spacial score (nSPS) is 10.8. The highest BCUT2D eigenvalue weighted by Gasteiger charge is 2.17. The van der Waals surface area contributed by atoms with Crippen LogP contribution in [0.4, 0.5) is 5.00 Å². The molecule has 0 unspecified atom stereocenters. The second-order valence-electron chi connectivity index (χ2n) is 5.71. The predicted octanol–water partition coefficient (Wildman–Crippen LogP) is 4.33. The van der Waals surface area contributed by atoms with E-state index in [4.69, 9.17) is 10.7 Å². The summed E-state index contributed by atoms with van der Waals surface area (Å²) in [6.45, 7) is 2.10. The number of fused-ring (bicyclic) bond motifs is 1. The molecular formula is C18H18ClN5S. The highest BCUT2D eigenvalue weighted by atomic mass is 35.5. The van der Waals surface area contributed by atoms with Crippen LogP contribution in [0, 0.1) is 0 Å². The zero-order valence-electron chi connectivity index (χ0n) is 13.9. The van der Waals surface area contributed by atoms with Gasteiger partial charge in [0.15, 0.2) is 0 Å². The van der Waals surface area contributed by atoms with Crippen molar-refractivity contribution in [1.29, 1.82) is 0 Å². The number of aryl methyl sites for hydroxylation is 2. The van der Waals surface area contributed by atoms with Gasteiger partial charge in [-0.3, -0.25) is 9.67 Å². The number of nitrogens with zero attached hydrogens (tertiary/aromatic N) is 4. The number of benzene rings is 1. The van der Waals surface area contributed by atoms with Gasteiger partial charge < -0.3 is 5.73 Å². The molecule has 0 aliphatic heterocycles. The van der Waals surface area contributed by atoms with E-state index in [-0.39, 0.29) is 12.4 Å². The number of hydrogen-bond donors (Lipinski definition) is 1. The quantitative estimate of drug-likeness (QED) is 0.582. The van der Waals surface area contributed by atoms with Crippen molar-refractivity contribution in [3.05, 3.63) is 48.3 Å². The second kappa shape index (κ2) is 6.82. The molecule has 0 aliphatic carbocycles. The first kappa shape index (κ1) is 17.4. The van der Waals surface area contributed by atoms with E-state index in [0.29, 0.717) is 5.00 Å². The molecule has 7 heteroatoms. The number of rotatable bonds is 3. The van der Waals surface area contributed by atoms with Crippen LogP contribution >= 0.6 is 23.9 Å². The molecule has 0 bridgehead atoms. The minimum absolute atomic E-state index is 0. The lowest BCUT2D eigenvalue weighted by Gasteiger charge is -2.06. The van der Waals surface area contributed by atoms with Gasteiger partial charge in [0.25, 0.3) is 0 Å². The standard InChI is InChI=1S/C18H17N5S.ClH/c1-3-13-5-4-6-15(20-13)16-17(22-24-18(16)19)11-7-8-14-12(9-11)10-23(2)21-14;/h4-10H,3,19H2,1-2H3;1H. The molecule has 128 valence electrons. The number of nitrogen functional groups attached to an aromatic ring is 1. The van der Waals surface area contributed by atoms with E-state index in [1.165, 1.54) is 11.5 Å². The molecule has 0 radical (unpaired) electrons. The molecule has 0 fully saturated rings. The Labute approximate surface area is 156 Å². The van der Waals surface area contributed by atoms with Gasteiger partial charge in [0.05, 0.1) is 22.5 Å². The molecule has 3 aromatic heterocycles. The van der Waals surface area contributed by atoms with Crippen LogP contribution in [0.3, 0.4) is 0 Å². The Morgan fingerprint density at radius 1 is 1.20 bits per heavy atom. The van der Waals surface area contributed by atoms with Crippen LogP contribution in [-0.2, 0) is 13.5 Å². The lowest BCUT2D eigenvalue weighted by Crippen LogP contribution is -1.93. The molecule has 0 amide bonds. The lowest BCUT2D eigenvalue weighted by molar-refractivity contribution is 0.780. The Balaban J connectivity index is 0.00000182. The number of halogens is 1. The summed E-state index contributed by atoms with van der Waals surface area (Å²) in [6, 6.07) is 12.2. The Bertz CT molecular complexity index is 1040. The van der Waals surface area contributed by atoms with Crippen molar-refractivity contribution in [1.82, 2.24) is 19.1 Å². The molecule has 1 aromatic carbocycles. The summed E-state index contributed by atoms with van der Waals surface area (Å²) in [5.74, 6) is 0. The van der Waals surface area contributed by atoms with Gasteiger partial charge in [-0.05, 0) is 42.2 Å². The summed E-state index contributed by atoms with van der Waals surface area (Å²) in [7, 11) is 1.92. The van der Waals surface area contributed by atoms with Crippen LogP contribution in [0.1, 0.15) is 12.6 Å². The van der Waals surface area contributed by atoms with Crippen LogP contribution in [-0.4, -0.2) is 19.1 Å². The van der Waals surface area contributed by atoms with Crippen molar-refractivity contribution in [2.75, 3.05) is 5.73 Å². The average Bonchev–Trinajstić information content (AvgIpc) is 3.15. The number of anilines is 1. The van der Waals surface area contributed by atoms with E-state index in [2.05, 4.69) is 22.5 Å². The minimum Gasteiger partial charge on any atom is -0.389 e. The van der Waals surface area contributed by atoms with Crippen molar-refractivity contribution in [3.63, 3.8) is 0 Å². The Morgan fingerprint density at radius 2 is 2.04 bits per heavy atom. The van der Waals surface area contributed by atoms with Gasteiger partial charge in [0.1, 0.15) is 5.00 Å². The van der Waals surface area contributed by atoms with E-state index >= 15 is 0 Å². The second-order valence-corrected chi connectivity index (χ2v) is 6.52. The first-order valence-electron chi connectivity index (χ1n) is 7.81. The molecular weight excluding hydrogens is 354 g/mol. The highest BCUT2D eigenvalue weighted by molar-refractivity contribution is 7.11. The largest absolute Gasteiger partial charge is 0.389 e. The maximum atomic E-state index is 6.22. The van der Waals surface area contributed by atoms with Crippen LogP contribution in [0.25, 0.3) is 33.4 Å². The molecule has 3 heterocycles. The third-order valence-electron chi connectivity index (χ3n) is 4.04. The van der Waals surface area contributed by atoms with Gasteiger partial charge in [-0.2, -0.15) is 9.47 Å². The predicted molar refractivity (Wildman–Crippen MR) is 106 cm³/mol. The number of aromatic nitrogens is 4. The average molecular weight is 372 g/mol. The summed E-state index contributed by atoms with van der Waals surface area (Å²) in [4.78, 5) is 4.72. The van der Waals surface area contributed by atoms with Gasteiger partial charge in [-0.15, -0.1) is 12.4 Å². The molecule has 5 nitrogen and oxygen atoms in total. The Morgan fingerprint density at radius 3 is 2.84 bits per heavy atom. The van der Waals surface area contributed by atoms with E-state index in [0.717, 1.165) is 45.5 Å². The highest BCUT2D eigenvalue weighted by Crippen LogP contribution is 2.38. The fourth-order valence-corrected chi connectivity index (χ4v) is 3.54. The van der Waals surface area contributed by atoms with Gasteiger partial charge in [0, 0.05) is 29.9 Å². The Hall–Kier alpha value is -2.44. The van der Waals surface area contributed by atoms with E-state index in [1.807, 2.05) is 48.3 Å². The van der Waals surface area contributed by atoms with Gasteiger partial charge in [-0.25, -0.2) is 0 Å². The van der Waals surface area contributed by atoms with Crippen LogP contribution in [0.2, 0.25) is 0 Å². The van der Waals surface area contributed by atoms with Crippen molar-refractivity contribution in [3.8, 4) is 22.5 Å². The molecule has 2 N–H and O–H groups in total. The van der Waals surface area contributed by atoms with Crippen molar-refractivity contribution in [2.45, 2.75) is 13.3 Å². The molecule has 0 spiro atoms. The minimum atomic E-state index is 0. The van der Waals surface area contributed by atoms with Crippen molar-refractivity contribution in [2.24, 2.45) is 7.05 Å². The SMILES string of the molecule is CCc1cccc(-c2c(-c3ccc4nn(C)cc4c3)nsc2N)n1.Cl. The van der Waals surface area contributed by atoms with Crippen LogP contribution in [0.5, 0.6) is 0 Å². The fraction of sp³-hybridized carbons (Fsp3) is 0.167. The zero-order chi connectivity index (χ0) is 16.7. The molecule has 0 saturated carbocycles. The smallest absolute Gasteiger partial charge is 0.116 e. The summed E-state index contributed by atoms with van der Waals surface area (Å²) >= 11 is 1.31. The summed E-state index contributed by atoms with van der Waals surface area (Å²) < 4.78 is 6.40. The molecule has 25 heavy (non-hydrogen) atoms. The Kier molecular flexibility index (Phi) is 4.74. The summed E-state index contributed by atoms with van der Waals surface area (Å²) in [5.41, 5.74) is 11.9. The number of pyridine rings is 1. The van der Waals surface area contributed by atoms with Crippen LogP contribution < -0.4 is 5.73 Å². The third kappa shape index (κ3) is 3.10. The summed E-state index contributed by atoms with van der Waals surface area (Å²) in [6.07, 6.45) is 2.90. The van der Waals surface area contributed by atoms with E-state index in [1.54, 1.807) is 0 Å². The fourth-order valence-electron chi connectivity index (χ4n) is 2.86.